The van der Waals surface area contributed by atoms with Gasteiger partial charge in [-0.3, -0.25) is 0 Å². The molecule has 0 amide bonds. The molecule has 0 fully saturated rings. The summed E-state index contributed by atoms with van der Waals surface area (Å²) in [6.45, 7) is 6.04. The molecule has 0 aliphatic carbocycles. The Kier molecular flexibility index (Phi) is 6.50. The van der Waals surface area contributed by atoms with Gasteiger partial charge < -0.3 is 19.5 Å². The van der Waals surface area contributed by atoms with E-state index in [0.29, 0.717) is 5.75 Å². The highest BCUT2D eigenvalue weighted by Gasteiger charge is 2.11. The minimum Gasteiger partial charge on any atom is -0.496 e. The van der Waals surface area contributed by atoms with Crippen molar-refractivity contribution in [3.8, 4) is 17.2 Å². The summed E-state index contributed by atoms with van der Waals surface area (Å²) in [5.41, 5.74) is 5.13. The third kappa shape index (κ3) is 4.20. The summed E-state index contributed by atoms with van der Waals surface area (Å²) in [5, 5.41) is 3.51. The molecule has 4 heteroatoms. The van der Waals surface area contributed by atoms with E-state index in [0.717, 1.165) is 36.6 Å². The van der Waals surface area contributed by atoms with Gasteiger partial charge in [0.1, 0.15) is 5.75 Å². The zero-order chi connectivity index (χ0) is 17.5. The molecular formula is C20H27NO3. The molecule has 4 nitrogen and oxygen atoms in total. The zero-order valence-electron chi connectivity index (χ0n) is 15.2. The van der Waals surface area contributed by atoms with Gasteiger partial charge in [0.15, 0.2) is 11.5 Å². The smallest absolute Gasteiger partial charge is 0.164 e. The molecule has 0 heterocycles. The average Bonchev–Trinajstić information content (AvgIpc) is 2.61. The van der Waals surface area contributed by atoms with Gasteiger partial charge in [-0.15, -0.1) is 0 Å². The maximum absolute atomic E-state index is 5.47. The topological polar surface area (TPSA) is 39.7 Å². The van der Waals surface area contributed by atoms with Gasteiger partial charge in [-0.2, -0.15) is 0 Å². The fourth-order valence-electron chi connectivity index (χ4n) is 2.74. The fourth-order valence-corrected chi connectivity index (χ4v) is 2.74. The van der Waals surface area contributed by atoms with Crippen LogP contribution in [0.2, 0.25) is 0 Å². The van der Waals surface area contributed by atoms with Crippen LogP contribution in [-0.4, -0.2) is 27.9 Å². The van der Waals surface area contributed by atoms with E-state index < -0.39 is 0 Å². The van der Waals surface area contributed by atoms with Gasteiger partial charge in [0, 0.05) is 12.6 Å². The van der Waals surface area contributed by atoms with Gasteiger partial charge in [0.05, 0.1) is 21.3 Å². The fraction of sp³-hybridized carbons (Fsp3) is 0.400. The highest BCUT2D eigenvalue weighted by atomic mass is 16.5. The SMILES string of the molecule is COc1cc(OC)c(OC)cc1CCNCc1cccc(C)c1C. The quantitative estimate of drug-likeness (QED) is 0.750. The summed E-state index contributed by atoms with van der Waals surface area (Å²) in [5.74, 6) is 2.23. The van der Waals surface area contributed by atoms with Crippen LogP contribution in [0.1, 0.15) is 22.3 Å². The second kappa shape index (κ2) is 8.60. The summed E-state index contributed by atoms with van der Waals surface area (Å²) in [6, 6.07) is 10.3. The number of nitrogens with one attached hydrogen (secondary N) is 1. The Hall–Kier alpha value is -2.20. The maximum atomic E-state index is 5.47. The van der Waals surface area contributed by atoms with Gasteiger partial charge in [0.2, 0.25) is 0 Å². The zero-order valence-corrected chi connectivity index (χ0v) is 15.2. The molecule has 24 heavy (non-hydrogen) atoms. The molecule has 0 aromatic heterocycles. The van der Waals surface area contributed by atoms with Crippen LogP contribution in [0.4, 0.5) is 0 Å². The molecule has 0 aliphatic heterocycles. The first-order chi connectivity index (χ1) is 11.6. The Morgan fingerprint density at radius 3 is 2.17 bits per heavy atom. The second-order valence-electron chi connectivity index (χ2n) is 5.80. The Bertz CT molecular complexity index is 683. The number of rotatable bonds is 8. The molecule has 0 unspecified atom stereocenters. The molecular weight excluding hydrogens is 302 g/mol. The van der Waals surface area contributed by atoms with Crippen LogP contribution in [0.25, 0.3) is 0 Å². The van der Waals surface area contributed by atoms with Gasteiger partial charge in [-0.05, 0) is 55.1 Å². The Morgan fingerprint density at radius 2 is 1.50 bits per heavy atom. The molecule has 1 N–H and O–H groups in total. The molecule has 0 atom stereocenters. The molecule has 0 spiro atoms. The van der Waals surface area contributed by atoms with Crippen molar-refractivity contribution in [2.24, 2.45) is 0 Å². The van der Waals surface area contributed by atoms with E-state index in [1.54, 1.807) is 21.3 Å². The Morgan fingerprint density at radius 1 is 0.833 bits per heavy atom. The van der Waals surface area contributed by atoms with Crippen molar-refractivity contribution in [2.45, 2.75) is 26.8 Å². The van der Waals surface area contributed by atoms with Crippen LogP contribution < -0.4 is 19.5 Å². The summed E-state index contributed by atoms with van der Waals surface area (Å²) >= 11 is 0. The predicted octanol–water partition coefficient (Wildman–Crippen LogP) is 3.66. The first-order valence-electron chi connectivity index (χ1n) is 8.15. The molecule has 2 aromatic rings. The van der Waals surface area contributed by atoms with E-state index >= 15 is 0 Å². The number of methoxy groups -OCH3 is 3. The van der Waals surface area contributed by atoms with Crippen molar-refractivity contribution in [3.05, 3.63) is 52.6 Å². The monoisotopic (exact) mass is 329 g/mol. The number of aryl methyl sites for hydroxylation is 1. The lowest BCUT2D eigenvalue weighted by atomic mass is 10.0. The molecule has 0 bridgehead atoms. The van der Waals surface area contributed by atoms with Gasteiger partial charge >= 0.3 is 0 Å². The Balaban J connectivity index is 2.00. The summed E-state index contributed by atoms with van der Waals surface area (Å²) in [7, 11) is 4.95. The Labute approximate surface area is 144 Å². The van der Waals surface area contributed by atoms with Crippen LogP contribution in [0.3, 0.4) is 0 Å². The minimum absolute atomic E-state index is 0.682. The molecule has 0 saturated carbocycles. The van der Waals surface area contributed by atoms with E-state index in [1.807, 2.05) is 12.1 Å². The van der Waals surface area contributed by atoms with E-state index in [4.69, 9.17) is 14.2 Å². The summed E-state index contributed by atoms with van der Waals surface area (Å²) in [4.78, 5) is 0. The average molecular weight is 329 g/mol. The third-order valence-corrected chi connectivity index (χ3v) is 4.39. The van der Waals surface area contributed by atoms with Gasteiger partial charge in [-0.25, -0.2) is 0 Å². The standard InChI is InChI=1S/C20H27NO3/c1-14-7-6-8-17(15(14)2)13-21-10-9-16-11-19(23-4)20(24-5)12-18(16)22-3/h6-8,11-12,21H,9-10,13H2,1-5H3. The van der Waals surface area contributed by atoms with Gasteiger partial charge in [0.25, 0.3) is 0 Å². The van der Waals surface area contributed by atoms with Crippen LogP contribution in [0, 0.1) is 13.8 Å². The highest BCUT2D eigenvalue weighted by Crippen LogP contribution is 2.34. The lowest BCUT2D eigenvalue weighted by molar-refractivity contribution is 0.347. The van der Waals surface area contributed by atoms with Crippen LogP contribution in [-0.2, 0) is 13.0 Å². The largest absolute Gasteiger partial charge is 0.496 e. The van der Waals surface area contributed by atoms with Crippen molar-refractivity contribution in [3.63, 3.8) is 0 Å². The second-order valence-corrected chi connectivity index (χ2v) is 5.80. The van der Waals surface area contributed by atoms with Crippen molar-refractivity contribution in [2.75, 3.05) is 27.9 Å². The minimum atomic E-state index is 0.682. The number of ether oxygens (including phenoxy) is 3. The van der Waals surface area contributed by atoms with Crippen molar-refractivity contribution < 1.29 is 14.2 Å². The van der Waals surface area contributed by atoms with E-state index in [-0.39, 0.29) is 0 Å². The highest BCUT2D eigenvalue weighted by molar-refractivity contribution is 5.50. The summed E-state index contributed by atoms with van der Waals surface area (Å²) in [6.07, 6.45) is 0.856. The van der Waals surface area contributed by atoms with Crippen molar-refractivity contribution >= 4 is 0 Å². The maximum Gasteiger partial charge on any atom is 0.164 e. The first kappa shape index (κ1) is 18.1. The van der Waals surface area contributed by atoms with Crippen molar-refractivity contribution in [1.29, 1.82) is 0 Å². The molecule has 130 valence electrons. The van der Waals surface area contributed by atoms with E-state index in [9.17, 15) is 0 Å². The van der Waals surface area contributed by atoms with Crippen LogP contribution in [0.5, 0.6) is 17.2 Å². The van der Waals surface area contributed by atoms with Crippen LogP contribution in [0.15, 0.2) is 30.3 Å². The normalized spacial score (nSPS) is 10.5. The number of benzene rings is 2. The third-order valence-electron chi connectivity index (χ3n) is 4.39. The number of hydrogen-bond donors (Lipinski definition) is 1. The van der Waals surface area contributed by atoms with E-state index in [1.165, 1.54) is 16.7 Å². The van der Waals surface area contributed by atoms with Crippen LogP contribution >= 0.6 is 0 Å². The molecule has 0 saturated heterocycles. The molecule has 2 aromatic carbocycles. The first-order valence-corrected chi connectivity index (χ1v) is 8.15. The molecule has 2 rings (SSSR count). The molecule has 0 aliphatic rings. The number of hydrogen-bond acceptors (Lipinski definition) is 4. The lowest BCUT2D eigenvalue weighted by Gasteiger charge is -2.15. The van der Waals surface area contributed by atoms with Gasteiger partial charge in [-0.1, -0.05) is 18.2 Å². The van der Waals surface area contributed by atoms with E-state index in [2.05, 4.69) is 37.4 Å². The summed E-state index contributed by atoms with van der Waals surface area (Å²) < 4.78 is 16.2. The predicted molar refractivity (Wildman–Crippen MR) is 97.4 cm³/mol. The van der Waals surface area contributed by atoms with Crippen molar-refractivity contribution in [1.82, 2.24) is 5.32 Å². The molecule has 0 radical (unpaired) electrons. The lowest BCUT2D eigenvalue weighted by Crippen LogP contribution is -2.18.